The standard InChI is InChI=1S/C16H16N4O3S/c1-10-12-4-2-3-5-13(12)20-14(19-10)8-18-24(21,22)15-9-17-16(23-15)11-6-7-11/h2-5,9,11,18H,6-8H2,1H3. The third-order valence-electron chi connectivity index (χ3n) is 3.95. The number of fused-ring (bicyclic) bond motifs is 1. The maximum atomic E-state index is 12.3. The SMILES string of the molecule is Cc1nc(CNS(=O)(=O)c2cnc(C3CC3)o2)nc2ccccc12. The van der Waals surface area contributed by atoms with Crippen LogP contribution in [0.3, 0.4) is 0 Å². The van der Waals surface area contributed by atoms with Gasteiger partial charge in [-0.05, 0) is 25.8 Å². The summed E-state index contributed by atoms with van der Waals surface area (Å²) in [6.45, 7) is 1.87. The summed E-state index contributed by atoms with van der Waals surface area (Å²) in [5.74, 6) is 1.17. The first-order chi connectivity index (χ1) is 11.5. The quantitative estimate of drug-likeness (QED) is 0.762. The second-order valence-electron chi connectivity index (χ2n) is 5.86. The van der Waals surface area contributed by atoms with Crippen LogP contribution in [-0.2, 0) is 16.6 Å². The van der Waals surface area contributed by atoms with Crippen LogP contribution in [0, 0.1) is 6.92 Å². The predicted octanol–water partition coefficient (Wildman–Crippen LogP) is 2.28. The third kappa shape index (κ3) is 2.90. The molecule has 0 bridgehead atoms. The van der Waals surface area contributed by atoms with E-state index in [4.69, 9.17) is 4.42 Å². The molecule has 24 heavy (non-hydrogen) atoms. The Morgan fingerprint density at radius 2 is 2.04 bits per heavy atom. The highest BCUT2D eigenvalue weighted by atomic mass is 32.2. The second kappa shape index (κ2) is 5.64. The number of nitrogens with one attached hydrogen (secondary N) is 1. The van der Waals surface area contributed by atoms with Crippen molar-refractivity contribution in [1.82, 2.24) is 19.7 Å². The first-order valence-corrected chi connectivity index (χ1v) is 9.19. The maximum absolute atomic E-state index is 12.3. The lowest BCUT2D eigenvalue weighted by molar-refractivity contribution is 0.405. The van der Waals surface area contributed by atoms with Crippen molar-refractivity contribution >= 4 is 20.9 Å². The molecule has 124 valence electrons. The van der Waals surface area contributed by atoms with E-state index < -0.39 is 10.0 Å². The van der Waals surface area contributed by atoms with Crippen molar-refractivity contribution in [3.63, 3.8) is 0 Å². The second-order valence-corrected chi connectivity index (χ2v) is 7.56. The van der Waals surface area contributed by atoms with Crippen LogP contribution in [0.1, 0.15) is 36.2 Å². The van der Waals surface area contributed by atoms with E-state index in [1.807, 2.05) is 31.2 Å². The Hall–Kier alpha value is -2.32. The molecule has 0 spiro atoms. The number of para-hydroxylation sites is 1. The molecule has 1 aliphatic rings. The van der Waals surface area contributed by atoms with E-state index >= 15 is 0 Å². The molecule has 0 unspecified atom stereocenters. The number of hydrogen-bond acceptors (Lipinski definition) is 6. The van der Waals surface area contributed by atoms with Crippen LogP contribution in [-0.4, -0.2) is 23.4 Å². The first-order valence-electron chi connectivity index (χ1n) is 7.70. The Bertz CT molecular complexity index is 1010. The molecule has 2 heterocycles. The van der Waals surface area contributed by atoms with Gasteiger partial charge in [0.15, 0.2) is 5.89 Å². The highest BCUT2D eigenvalue weighted by Crippen LogP contribution is 2.39. The summed E-state index contributed by atoms with van der Waals surface area (Å²) in [5.41, 5.74) is 1.60. The zero-order valence-electron chi connectivity index (χ0n) is 13.1. The minimum atomic E-state index is -3.77. The van der Waals surface area contributed by atoms with Gasteiger partial charge < -0.3 is 4.42 Å². The predicted molar refractivity (Wildman–Crippen MR) is 86.8 cm³/mol. The monoisotopic (exact) mass is 344 g/mol. The van der Waals surface area contributed by atoms with Crippen molar-refractivity contribution in [3.05, 3.63) is 47.9 Å². The Balaban J connectivity index is 1.54. The van der Waals surface area contributed by atoms with Gasteiger partial charge in [0.25, 0.3) is 15.1 Å². The number of benzene rings is 1. The van der Waals surface area contributed by atoms with Crippen LogP contribution in [0.15, 0.2) is 40.0 Å². The van der Waals surface area contributed by atoms with Gasteiger partial charge in [0.1, 0.15) is 5.82 Å². The highest BCUT2D eigenvalue weighted by molar-refractivity contribution is 7.89. The highest BCUT2D eigenvalue weighted by Gasteiger charge is 2.30. The summed E-state index contributed by atoms with van der Waals surface area (Å²) in [5, 5.41) is 0.787. The van der Waals surface area contributed by atoms with Crippen LogP contribution in [0.2, 0.25) is 0 Å². The van der Waals surface area contributed by atoms with Gasteiger partial charge in [-0.1, -0.05) is 18.2 Å². The van der Waals surface area contributed by atoms with Crippen molar-refractivity contribution < 1.29 is 12.8 Å². The largest absolute Gasteiger partial charge is 0.428 e. The van der Waals surface area contributed by atoms with Crippen molar-refractivity contribution in [2.45, 2.75) is 37.3 Å². The average molecular weight is 344 g/mol. The lowest BCUT2D eigenvalue weighted by Gasteiger charge is -2.06. The molecule has 0 aliphatic heterocycles. The van der Waals surface area contributed by atoms with Gasteiger partial charge in [-0.15, -0.1) is 0 Å². The Kier molecular flexibility index (Phi) is 3.58. The van der Waals surface area contributed by atoms with E-state index in [1.54, 1.807) is 0 Å². The lowest BCUT2D eigenvalue weighted by Crippen LogP contribution is -2.24. The average Bonchev–Trinajstić information content (AvgIpc) is 3.29. The summed E-state index contributed by atoms with van der Waals surface area (Å²) < 4.78 is 32.4. The number of aryl methyl sites for hydroxylation is 1. The van der Waals surface area contributed by atoms with Gasteiger partial charge in [-0.3, -0.25) is 0 Å². The van der Waals surface area contributed by atoms with Crippen LogP contribution < -0.4 is 4.72 Å². The minimum Gasteiger partial charge on any atom is -0.428 e. The molecule has 4 rings (SSSR count). The third-order valence-corrected chi connectivity index (χ3v) is 5.20. The Labute approximate surface area is 139 Å². The van der Waals surface area contributed by atoms with Gasteiger partial charge in [0.05, 0.1) is 18.3 Å². The zero-order valence-corrected chi connectivity index (χ0v) is 13.9. The van der Waals surface area contributed by atoms with Crippen molar-refractivity contribution in [2.24, 2.45) is 0 Å². The molecule has 1 fully saturated rings. The van der Waals surface area contributed by atoms with E-state index in [1.165, 1.54) is 6.20 Å². The molecule has 1 N–H and O–H groups in total. The smallest absolute Gasteiger partial charge is 0.276 e. The molecule has 0 radical (unpaired) electrons. The normalized spacial score (nSPS) is 15.0. The molecule has 0 amide bonds. The minimum absolute atomic E-state index is 0.00648. The topological polar surface area (TPSA) is 98.0 Å². The van der Waals surface area contributed by atoms with Gasteiger partial charge in [-0.25, -0.2) is 28.1 Å². The van der Waals surface area contributed by atoms with Crippen LogP contribution >= 0.6 is 0 Å². The van der Waals surface area contributed by atoms with Gasteiger partial charge in [0.2, 0.25) is 0 Å². The number of nitrogens with zero attached hydrogens (tertiary/aromatic N) is 3. The molecule has 2 aromatic heterocycles. The van der Waals surface area contributed by atoms with Crippen LogP contribution in [0.4, 0.5) is 0 Å². The molecular weight excluding hydrogens is 328 g/mol. The number of aromatic nitrogens is 3. The fourth-order valence-electron chi connectivity index (χ4n) is 2.52. The summed E-state index contributed by atoms with van der Waals surface area (Å²) >= 11 is 0. The molecule has 1 aromatic carbocycles. The van der Waals surface area contributed by atoms with E-state index in [9.17, 15) is 8.42 Å². The summed E-state index contributed by atoms with van der Waals surface area (Å²) in [6, 6.07) is 7.62. The Morgan fingerprint density at radius 3 is 2.83 bits per heavy atom. The van der Waals surface area contributed by atoms with Gasteiger partial charge in [0, 0.05) is 17.0 Å². The van der Waals surface area contributed by atoms with E-state index in [0.717, 1.165) is 29.4 Å². The lowest BCUT2D eigenvalue weighted by atomic mass is 10.2. The molecule has 0 atom stereocenters. The van der Waals surface area contributed by atoms with Crippen LogP contribution in [0.25, 0.3) is 10.9 Å². The molecular formula is C16H16N4O3S. The molecule has 8 heteroatoms. The van der Waals surface area contributed by atoms with Gasteiger partial charge in [-0.2, -0.15) is 0 Å². The number of sulfonamides is 1. The van der Waals surface area contributed by atoms with Crippen molar-refractivity contribution in [1.29, 1.82) is 0 Å². The zero-order chi connectivity index (χ0) is 16.7. The number of hydrogen-bond donors (Lipinski definition) is 1. The van der Waals surface area contributed by atoms with Crippen molar-refractivity contribution in [2.75, 3.05) is 0 Å². The molecule has 3 aromatic rings. The van der Waals surface area contributed by atoms with Gasteiger partial charge >= 0.3 is 0 Å². The summed E-state index contributed by atoms with van der Waals surface area (Å²) in [6.07, 6.45) is 3.25. The fraction of sp³-hybridized carbons (Fsp3) is 0.312. The maximum Gasteiger partial charge on any atom is 0.276 e. The molecule has 0 saturated heterocycles. The molecule has 1 aliphatic carbocycles. The Morgan fingerprint density at radius 1 is 1.25 bits per heavy atom. The van der Waals surface area contributed by atoms with E-state index in [0.29, 0.717) is 11.7 Å². The first kappa shape index (κ1) is 15.2. The molecule has 7 nitrogen and oxygen atoms in total. The fourth-order valence-corrected chi connectivity index (χ4v) is 3.37. The number of rotatable bonds is 5. The van der Waals surface area contributed by atoms with E-state index in [2.05, 4.69) is 19.7 Å². The summed E-state index contributed by atoms with van der Waals surface area (Å²) in [4.78, 5) is 12.8. The molecule has 1 saturated carbocycles. The summed E-state index contributed by atoms with van der Waals surface area (Å²) in [7, 11) is -3.77. The van der Waals surface area contributed by atoms with Crippen molar-refractivity contribution in [3.8, 4) is 0 Å². The number of oxazole rings is 1. The van der Waals surface area contributed by atoms with E-state index in [-0.39, 0.29) is 17.6 Å². The van der Waals surface area contributed by atoms with Crippen LogP contribution in [0.5, 0.6) is 0 Å².